The minimum absolute atomic E-state index is 0. The first-order valence-corrected chi connectivity index (χ1v) is 7.97. The van der Waals surface area contributed by atoms with Crippen molar-refractivity contribution in [1.29, 1.82) is 0 Å². The molecule has 0 spiro atoms. The molecule has 0 amide bonds. The van der Waals surface area contributed by atoms with E-state index in [9.17, 15) is 4.39 Å². The molecule has 0 aliphatic heterocycles. The van der Waals surface area contributed by atoms with Crippen molar-refractivity contribution < 1.29 is 4.39 Å². The first-order chi connectivity index (χ1) is 11.7. The first kappa shape index (κ1) is 21.1. The molecule has 0 saturated carbocycles. The number of aromatic nitrogens is 3. The number of benzene rings is 1. The second-order valence-corrected chi connectivity index (χ2v) is 5.15. The molecule has 1 heterocycles. The van der Waals surface area contributed by atoms with Crippen LogP contribution < -0.4 is 10.6 Å². The van der Waals surface area contributed by atoms with E-state index in [1.54, 1.807) is 30.6 Å². The Bertz CT molecular complexity index is 685. The van der Waals surface area contributed by atoms with Crippen LogP contribution in [0.1, 0.15) is 18.3 Å². The number of rotatable bonds is 8. The number of guanidine groups is 1. The molecule has 0 saturated heterocycles. The minimum Gasteiger partial charge on any atom is -0.355 e. The highest BCUT2D eigenvalue weighted by atomic mass is 127. The molecule has 1 aromatic heterocycles. The lowest BCUT2D eigenvalue weighted by Gasteiger charge is -2.12. The second kappa shape index (κ2) is 11.6. The largest absolute Gasteiger partial charge is 0.355 e. The lowest BCUT2D eigenvalue weighted by Crippen LogP contribution is -2.39. The number of hydrogen-bond donors (Lipinski definition) is 2. The van der Waals surface area contributed by atoms with Gasteiger partial charge in [-0.3, -0.25) is 0 Å². The maximum absolute atomic E-state index is 13.7. The van der Waals surface area contributed by atoms with Crippen LogP contribution >= 0.6 is 24.0 Å². The SMILES string of the molecule is C=CCNC(=NCc1ccccc1F)NCCn1cnnc1CC.I. The summed E-state index contributed by atoms with van der Waals surface area (Å²) in [6, 6.07) is 6.64. The van der Waals surface area contributed by atoms with Crippen molar-refractivity contribution in [3.63, 3.8) is 0 Å². The fourth-order valence-corrected chi connectivity index (χ4v) is 2.17. The third-order valence-electron chi connectivity index (χ3n) is 3.44. The summed E-state index contributed by atoms with van der Waals surface area (Å²) < 4.78 is 15.7. The molecule has 2 aromatic rings. The highest BCUT2D eigenvalue weighted by molar-refractivity contribution is 14.0. The van der Waals surface area contributed by atoms with Crippen molar-refractivity contribution in [3.05, 3.63) is 60.5 Å². The molecule has 0 aliphatic carbocycles. The molecule has 2 rings (SSSR count). The van der Waals surface area contributed by atoms with E-state index in [0.29, 0.717) is 24.6 Å². The molecule has 0 aliphatic rings. The predicted octanol–water partition coefficient (Wildman–Crippen LogP) is 2.52. The van der Waals surface area contributed by atoms with Gasteiger partial charge in [0.25, 0.3) is 0 Å². The zero-order valence-corrected chi connectivity index (χ0v) is 16.6. The number of nitrogens with zero attached hydrogens (tertiary/aromatic N) is 4. The zero-order valence-electron chi connectivity index (χ0n) is 14.3. The highest BCUT2D eigenvalue weighted by Gasteiger charge is 2.03. The Kier molecular flexibility index (Phi) is 9.75. The summed E-state index contributed by atoms with van der Waals surface area (Å²) in [5.74, 6) is 1.31. The van der Waals surface area contributed by atoms with Crippen LogP contribution in [0, 0.1) is 5.82 Å². The zero-order chi connectivity index (χ0) is 17.2. The predicted molar refractivity (Wildman–Crippen MR) is 109 cm³/mol. The molecule has 0 radical (unpaired) electrons. The lowest BCUT2D eigenvalue weighted by atomic mass is 10.2. The molecule has 6 nitrogen and oxygen atoms in total. The van der Waals surface area contributed by atoms with E-state index in [-0.39, 0.29) is 36.3 Å². The van der Waals surface area contributed by atoms with Crippen molar-refractivity contribution in [1.82, 2.24) is 25.4 Å². The molecular formula is C17H24FIN6. The Labute approximate surface area is 164 Å². The molecule has 0 fully saturated rings. The molecule has 25 heavy (non-hydrogen) atoms. The van der Waals surface area contributed by atoms with Crippen LogP contribution in [0.4, 0.5) is 4.39 Å². The van der Waals surface area contributed by atoms with E-state index >= 15 is 0 Å². The number of nitrogens with one attached hydrogen (secondary N) is 2. The van der Waals surface area contributed by atoms with Crippen LogP contribution in [0.5, 0.6) is 0 Å². The van der Waals surface area contributed by atoms with E-state index in [2.05, 4.69) is 32.4 Å². The van der Waals surface area contributed by atoms with Gasteiger partial charge >= 0.3 is 0 Å². The molecule has 1 aromatic carbocycles. The van der Waals surface area contributed by atoms with Crippen molar-refractivity contribution in [2.24, 2.45) is 4.99 Å². The van der Waals surface area contributed by atoms with E-state index < -0.39 is 0 Å². The summed E-state index contributed by atoms with van der Waals surface area (Å²) in [7, 11) is 0. The maximum Gasteiger partial charge on any atom is 0.191 e. The average Bonchev–Trinajstić information content (AvgIpc) is 3.05. The molecule has 0 bridgehead atoms. The molecule has 0 atom stereocenters. The van der Waals surface area contributed by atoms with E-state index in [0.717, 1.165) is 18.8 Å². The van der Waals surface area contributed by atoms with E-state index in [1.165, 1.54) is 6.07 Å². The van der Waals surface area contributed by atoms with Crippen molar-refractivity contribution in [3.8, 4) is 0 Å². The lowest BCUT2D eigenvalue weighted by molar-refractivity contribution is 0.609. The summed E-state index contributed by atoms with van der Waals surface area (Å²) in [5, 5.41) is 14.3. The van der Waals surface area contributed by atoms with Gasteiger partial charge in [-0.1, -0.05) is 31.2 Å². The molecule has 0 unspecified atom stereocenters. The fraction of sp³-hybridized carbons (Fsp3) is 0.353. The Balaban J connectivity index is 0.00000312. The van der Waals surface area contributed by atoms with Crippen molar-refractivity contribution in [2.45, 2.75) is 26.4 Å². The van der Waals surface area contributed by atoms with Crippen LogP contribution in [-0.4, -0.2) is 33.8 Å². The normalized spacial score (nSPS) is 10.9. The van der Waals surface area contributed by atoms with Crippen molar-refractivity contribution in [2.75, 3.05) is 13.1 Å². The number of halogens is 2. The Morgan fingerprint density at radius 3 is 2.88 bits per heavy atom. The van der Waals surface area contributed by atoms with Gasteiger partial charge in [-0.05, 0) is 6.07 Å². The van der Waals surface area contributed by atoms with Crippen LogP contribution in [-0.2, 0) is 19.5 Å². The van der Waals surface area contributed by atoms with Gasteiger partial charge in [0.05, 0.1) is 6.54 Å². The van der Waals surface area contributed by atoms with Crippen molar-refractivity contribution >= 4 is 29.9 Å². The highest BCUT2D eigenvalue weighted by Crippen LogP contribution is 2.07. The summed E-state index contributed by atoms with van der Waals surface area (Å²) >= 11 is 0. The Morgan fingerprint density at radius 1 is 1.36 bits per heavy atom. The molecular weight excluding hydrogens is 434 g/mol. The number of hydrogen-bond acceptors (Lipinski definition) is 3. The molecule has 136 valence electrons. The smallest absolute Gasteiger partial charge is 0.191 e. The van der Waals surface area contributed by atoms with E-state index in [1.807, 2.05) is 11.5 Å². The third kappa shape index (κ3) is 6.81. The van der Waals surface area contributed by atoms with Gasteiger partial charge in [0.1, 0.15) is 18.0 Å². The number of aryl methyl sites for hydroxylation is 1. The Hall–Kier alpha value is -1.97. The number of aliphatic imine (C=N–C) groups is 1. The third-order valence-corrected chi connectivity index (χ3v) is 3.44. The molecule has 8 heteroatoms. The summed E-state index contributed by atoms with van der Waals surface area (Å²) in [6.45, 7) is 7.96. The van der Waals surface area contributed by atoms with E-state index in [4.69, 9.17) is 0 Å². The van der Waals surface area contributed by atoms with Gasteiger partial charge < -0.3 is 15.2 Å². The van der Waals surface area contributed by atoms with Crippen LogP contribution in [0.25, 0.3) is 0 Å². The van der Waals surface area contributed by atoms with Gasteiger partial charge in [-0.15, -0.1) is 40.8 Å². The van der Waals surface area contributed by atoms with Crippen LogP contribution in [0.3, 0.4) is 0 Å². The Morgan fingerprint density at radius 2 is 2.16 bits per heavy atom. The fourth-order valence-electron chi connectivity index (χ4n) is 2.17. The summed E-state index contributed by atoms with van der Waals surface area (Å²) in [4.78, 5) is 4.42. The quantitative estimate of drug-likeness (QED) is 0.276. The van der Waals surface area contributed by atoms with Crippen LogP contribution in [0.2, 0.25) is 0 Å². The van der Waals surface area contributed by atoms with Crippen LogP contribution in [0.15, 0.2) is 48.2 Å². The van der Waals surface area contributed by atoms with Gasteiger partial charge in [0.2, 0.25) is 0 Å². The minimum atomic E-state index is -0.249. The average molecular weight is 458 g/mol. The van der Waals surface area contributed by atoms with Gasteiger partial charge in [0, 0.05) is 31.6 Å². The van der Waals surface area contributed by atoms with Gasteiger partial charge in [-0.25, -0.2) is 9.38 Å². The summed E-state index contributed by atoms with van der Waals surface area (Å²) in [5.41, 5.74) is 0.560. The van der Waals surface area contributed by atoms with Gasteiger partial charge in [-0.2, -0.15) is 0 Å². The molecule has 2 N–H and O–H groups in total. The monoisotopic (exact) mass is 458 g/mol. The maximum atomic E-state index is 13.7. The van der Waals surface area contributed by atoms with Gasteiger partial charge in [0.15, 0.2) is 5.96 Å². The second-order valence-electron chi connectivity index (χ2n) is 5.15. The summed E-state index contributed by atoms with van der Waals surface area (Å²) in [6.07, 6.45) is 4.30. The topological polar surface area (TPSA) is 67.1 Å². The first-order valence-electron chi connectivity index (χ1n) is 7.97. The standard InChI is InChI=1S/C17H23FN6.HI/c1-3-9-19-17(21-12-14-7-5-6-8-15(14)18)20-10-11-24-13-22-23-16(24)4-2;/h3,5-8,13H,1,4,9-12H2,2H3,(H2,19,20,21);1H.